The van der Waals surface area contributed by atoms with Crippen LogP contribution < -0.4 is 5.32 Å². The molecule has 94 valence electrons. The molecule has 0 spiro atoms. The summed E-state index contributed by atoms with van der Waals surface area (Å²) >= 11 is 5.82. The molecule has 1 amide bonds. The predicted molar refractivity (Wildman–Crippen MR) is 66.6 cm³/mol. The van der Waals surface area contributed by atoms with E-state index >= 15 is 0 Å². The first-order chi connectivity index (χ1) is 7.90. The van der Waals surface area contributed by atoms with Crippen molar-refractivity contribution in [1.29, 1.82) is 0 Å². The lowest BCUT2D eigenvalue weighted by Crippen LogP contribution is -2.33. The van der Waals surface area contributed by atoms with Crippen LogP contribution in [0.15, 0.2) is 18.2 Å². The van der Waals surface area contributed by atoms with Crippen LogP contribution in [0.1, 0.15) is 30.6 Å². The van der Waals surface area contributed by atoms with Gasteiger partial charge in [0, 0.05) is 17.5 Å². The van der Waals surface area contributed by atoms with Crippen LogP contribution in [0.3, 0.4) is 0 Å². The lowest BCUT2D eigenvalue weighted by Gasteiger charge is -2.15. The van der Waals surface area contributed by atoms with Gasteiger partial charge >= 0.3 is 0 Å². The van der Waals surface area contributed by atoms with Crippen molar-refractivity contribution in [1.82, 2.24) is 5.32 Å². The average Bonchev–Trinajstić information content (AvgIpc) is 2.15. The number of hydrogen-bond donors (Lipinski definition) is 3. The van der Waals surface area contributed by atoms with Crippen LogP contribution in [0.25, 0.3) is 0 Å². The highest BCUT2D eigenvalue weighted by atomic mass is 35.5. The Morgan fingerprint density at radius 2 is 2.06 bits per heavy atom. The van der Waals surface area contributed by atoms with E-state index < -0.39 is 0 Å². The molecule has 0 heterocycles. The van der Waals surface area contributed by atoms with Gasteiger partial charge in [0.15, 0.2) is 0 Å². The maximum Gasteiger partial charge on any atom is 0.255 e. The Kier molecular flexibility index (Phi) is 4.63. The molecule has 2 unspecified atom stereocenters. The second-order valence-corrected chi connectivity index (χ2v) is 4.84. The lowest BCUT2D eigenvalue weighted by atomic mass is 10.1. The van der Waals surface area contributed by atoms with Gasteiger partial charge in [-0.1, -0.05) is 0 Å². The summed E-state index contributed by atoms with van der Waals surface area (Å²) in [5, 5.41) is 21.3. The van der Waals surface area contributed by atoms with Crippen LogP contribution in [-0.2, 0) is 0 Å². The van der Waals surface area contributed by atoms with E-state index in [0.29, 0.717) is 6.42 Å². The van der Waals surface area contributed by atoms with Crippen LogP contribution in [0.2, 0.25) is 0 Å². The Labute approximate surface area is 105 Å². The van der Waals surface area contributed by atoms with Crippen molar-refractivity contribution in [2.75, 3.05) is 0 Å². The van der Waals surface area contributed by atoms with Gasteiger partial charge in [0.2, 0.25) is 0 Å². The maximum absolute atomic E-state index is 11.8. The molecule has 2 atom stereocenters. The molecule has 0 radical (unpaired) electrons. The topological polar surface area (TPSA) is 69.6 Å². The largest absolute Gasteiger partial charge is 0.508 e. The highest BCUT2D eigenvalue weighted by Gasteiger charge is 2.15. The lowest BCUT2D eigenvalue weighted by molar-refractivity contribution is 0.0936. The third kappa shape index (κ3) is 4.15. The first kappa shape index (κ1) is 13.6. The van der Waals surface area contributed by atoms with Crippen molar-refractivity contribution in [3.05, 3.63) is 23.8 Å². The summed E-state index contributed by atoms with van der Waals surface area (Å²) in [6, 6.07) is 3.77. The van der Waals surface area contributed by atoms with Crippen molar-refractivity contribution < 1.29 is 15.0 Å². The molecule has 0 fully saturated rings. The zero-order valence-electron chi connectivity index (χ0n) is 9.77. The zero-order chi connectivity index (χ0) is 13.0. The fraction of sp³-hybridized carbons (Fsp3) is 0.417. The van der Waals surface area contributed by atoms with Crippen molar-refractivity contribution >= 4 is 17.5 Å². The fourth-order valence-corrected chi connectivity index (χ4v) is 1.83. The van der Waals surface area contributed by atoms with E-state index in [-0.39, 0.29) is 34.4 Å². The molecular formula is C12H16ClNO3. The van der Waals surface area contributed by atoms with Gasteiger partial charge in [-0.25, -0.2) is 0 Å². The molecule has 0 bridgehead atoms. The van der Waals surface area contributed by atoms with Crippen LogP contribution >= 0.6 is 11.6 Å². The minimum Gasteiger partial charge on any atom is -0.508 e. The summed E-state index contributed by atoms with van der Waals surface area (Å²) in [6.07, 6.45) is 0.645. The third-order valence-electron chi connectivity index (χ3n) is 2.28. The Morgan fingerprint density at radius 1 is 1.41 bits per heavy atom. The molecule has 3 N–H and O–H groups in total. The molecule has 17 heavy (non-hydrogen) atoms. The minimum atomic E-state index is -0.382. The summed E-state index contributed by atoms with van der Waals surface area (Å²) in [4.78, 5) is 11.8. The van der Waals surface area contributed by atoms with Crippen LogP contribution in [0, 0.1) is 0 Å². The van der Waals surface area contributed by atoms with Gasteiger partial charge in [-0.2, -0.15) is 0 Å². The quantitative estimate of drug-likeness (QED) is 0.725. The molecule has 0 saturated heterocycles. The van der Waals surface area contributed by atoms with Gasteiger partial charge in [0.1, 0.15) is 11.5 Å². The van der Waals surface area contributed by atoms with Crippen LogP contribution in [-0.4, -0.2) is 27.5 Å². The number of phenols is 2. The molecule has 1 rings (SSSR count). The molecule has 0 aliphatic heterocycles. The van der Waals surface area contributed by atoms with Crippen molar-refractivity contribution in [2.45, 2.75) is 31.7 Å². The van der Waals surface area contributed by atoms with Crippen LogP contribution in [0.4, 0.5) is 0 Å². The van der Waals surface area contributed by atoms with E-state index in [9.17, 15) is 9.90 Å². The molecule has 4 nitrogen and oxygen atoms in total. The Balaban J connectivity index is 2.70. The minimum absolute atomic E-state index is 0.0290. The van der Waals surface area contributed by atoms with E-state index in [1.54, 1.807) is 0 Å². The average molecular weight is 258 g/mol. The highest BCUT2D eigenvalue weighted by molar-refractivity contribution is 6.20. The van der Waals surface area contributed by atoms with E-state index in [0.717, 1.165) is 6.07 Å². The van der Waals surface area contributed by atoms with Gasteiger partial charge < -0.3 is 15.5 Å². The molecular weight excluding hydrogens is 242 g/mol. The second kappa shape index (κ2) is 5.77. The predicted octanol–water partition coefficient (Wildman–Crippen LogP) is 2.23. The molecule has 5 heteroatoms. The smallest absolute Gasteiger partial charge is 0.255 e. The number of hydrogen-bond acceptors (Lipinski definition) is 3. The number of benzene rings is 1. The number of phenolic OH excluding ortho intramolecular Hbond substituents is 2. The number of rotatable bonds is 4. The van der Waals surface area contributed by atoms with Gasteiger partial charge in [0.25, 0.3) is 5.91 Å². The standard InChI is InChI=1S/C12H16ClNO3/c1-7(13)5-8(2)14-12(17)10-4-3-9(15)6-11(10)16/h3-4,6-8,15-16H,5H2,1-2H3,(H,14,17). The fourth-order valence-electron chi connectivity index (χ4n) is 1.56. The van der Waals surface area contributed by atoms with Crippen LogP contribution in [0.5, 0.6) is 11.5 Å². The number of nitrogens with one attached hydrogen (secondary N) is 1. The monoisotopic (exact) mass is 257 g/mol. The van der Waals surface area contributed by atoms with E-state index in [4.69, 9.17) is 16.7 Å². The summed E-state index contributed by atoms with van der Waals surface area (Å²) in [5.41, 5.74) is 0.136. The zero-order valence-corrected chi connectivity index (χ0v) is 10.5. The van der Waals surface area contributed by atoms with E-state index in [2.05, 4.69) is 5.32 Å². The maximum atomic E-state index is 11.8. The number of carbonyl (C=O) groups excluding carboxylic acids is 1. The normalized spacial score (nSPS) is 14.1. The van der Waals surface area contributed by atoms with Crippen molar-refractivity contribution in [3.63, 3.8) is 0 Å². The number of carbonyl (C=O) groups is 1. The molecule has 0 aliphatic carbocycles. The van der Waals surface area contributed by atoms with Gasteiger partial charge in [0.05, 0.1) is 5.56 Å². The first-order valence-electron chi connectivity index (χ1n) is 5.37. The third-order valence-corrected chi connectivity index (χ3v) is 2.46. The number of alkyl halides is 1. The van der Waals surface area contributed by atoms with Crippen molar-refractivity contribution in [2.24, 2.45) is 0 Å². The summed E-state index contributed by atoms with van der Waals surface area (Å²) in [7, 11) is 0. The summed E-state index contributed by atoms with van der Waals surface area (Å²) < 4.78 is 0. The number of halogens is 1. The molecule has 0 aromatic heterocycles. The van der Waals surface area contributed by atoms with Gasteiger partial charge in [-0.3, -0.25) is 4.79 Å². The Bertz CT molecular complexity index is 407. The second-order valence-electron chi connectivity index (χ2n) is 4.09. The Hall–Kier alpha value is -1.42. The summed E-state index contributed by atoms with van der Waals surface area (Å²) in [5.74, 6) is -0.706. The highest BCUT2D eigenvalue weighted by Crippen LogP contribution is 2.22. The SMILES string of the molecule is CC(Cl)CC(C)NC(=O)c1ccc(O)cc1O. The molecule has 0 aliphatic rings. The molecule has 1 aromatic carbocycles. The first-order valence-corrected chi connectivity index (χ1v) is 5.80. The molecule has 0 saturated carbocycles. The van der Waals surface area contributed by atoms with Gasteiger partial charge in [-0.15, -0.1) is 11.6 Å². The molecule has 1 aromatic rings. The Morgan fingerprint density at radius 3 is 2.59 bits per heavy atom. The van der Waals surface area contributed by atoms with E-state index in [1.807, 2.05) is 13.8 Å². The van der Waals surface area contributed by atoms with E-state index in [1.165, 1.54) is 12.1 Å². The number of amides is 1. The summed E-state index contributed by atoms with van der Waals surface area (Å²) in [6.45, 7) is 3.69. The van der Waals surface area contributed by atoms with Crippen molar-refractivity contribution in [3.8, 4) is 11.5 Å². The number of aromatic hydroxyl groups is 2. The van der Waals surface area contributed by atoms with Gasteiger partial charge in [-0.05, 0) is 32.4 Å².